The number of esters is 1. The van der Waals surface area contributed by atoms with Crippen molar-refractivity contribution in [2.24, 2.45) is 23.7 Å². The molecule has 5 atom stereocenters. The van der Waals surface area contributed by atoms with Gasteiger partial charge in [-0.15, -0.1) is 0 Å². The predicted octanol–water partition coefficient (Wildman–Crippen LogP) is 2.67. The molecule has 4 rings (SSSR count). The zero-order valence-corrected chi connectivity index (χ0v) is 16.9. The van der Waals surface area contributed by atoms with Gasteiger partial charge in [0.1, 0.15) is 6.04 Å². The Labute approximate surface area is 177 Å². The number of amides is 3. The summed E-state index contributed by atoms with van der Waals surface area (Å²) in [5.74, 6) is -2.70. The first-order valence-corrected chi connectivity index (χ1v) is 10.0. The van der Waals surface area contributed by atoms with Crippen molar-refractivity contribution in [1.82, 2.24) is 4.90 Å². The molecule has 0 radical (unpaired) electrons. The van der Waals surface area contributed by atoms with Gasteiger partial charge < -0.3 is 10.1 Å². The molecule has 0 unspecified atom stereocenters. The summed E-state index contributed by atoms with van der Waals surface area (Å²) < 4.78 is 5.02. The third kappa shape index (κ3) is 3.42. The SMILES string of the molecule is C[C@H](C(=O)OCC(=O)Nc1ccc(Cl)c(Cl)c1)N1C(=O)[C@@H]2[C@@H](C1=O)[C@H]1C=C[C@H]2C1. The Kier molecular flexibility index (Phi) is 5.12. The first-order chi connectivity index (χ1) is 13.8. The summed E-state index contributed by atoms with van der Waals surface area (Å²) >= 11 is 11.7. The lowest BCUT2D eigenvalue weighted by Gasteiger charge is -2.23. The Morgan fingerprint density at radius 3 is 2.34 bits per heavy atom. The van der Waals surface area contributed by atoms with Crippen LogP contribution < -0.4 is 5.32 Å². The van der Waals surface area contributed by atoms with Crippen LogP contribution in [0.2, 0.25) is 10.0 Å². The number of nitrogens with one attached hydrogen (secondary N) is 1. The number of rotatable bonds is 5. The van der Waals surface area contributed by atoms with Gasteiger partial charge >= 0.3 is 5.97 Å². The van der Waals surface area contributed by atoms with Crippen LogP contribution in [0.1, 0.15) is 13.3 Å². The van der Waals surface area contributed by atoms with Crippen molar-refractivity contribution in [2.75, 3.05) is 11.9 Å². The molecule has 0 spiro atoms. The van der Waals surface area contributed by atoms with Gasteiger partial charge in [0, 0.05) is 5.69 Å². The van der Waals surface area contributed by atoms with Gasteiger partial charge in [-0.3, -0.25) is 19.3 Å². The molecule has 2 aliphatic carbocycles. The molecular weight excluding hydrogens is 419 g/mol. The second kappa shape index (κ2) is 7.46. The van der Waals surface area contributed by atoms with Gasteiger partial charge in [-0.2, -0.15) is 0 Å². The summed E-state index contributed by atoms with van der Waals surface area (Å²) in [6.07, 6.45) is 4.78. The second-order valence-corrected chi connectivity index (χ2v) is 8.32. The maximum atomic E-state index is 12.7. The van der Waals surface area contributed by atoms with Crippen molar-refractivity contribution in [1.29, 1.82) is 0 Å². The van der Waals surface area contributed by atoms with Crippen LogP contribution in [0.15, 0.2) is 30.4 Å². The Balaban J connectivity index is 1.34. The molecule has 2 bridgehead atoms. The molecule has 1 N–H and O–H groups in total. The van der Waals surface area contributed by atoms with Crippen molar-refractivity contribution < 1.29 is 23.9 Å². The van der Waals surface area contributed by atoms with E-state index in [1.807, 2.05) is 12.2 Å². The normalized spacial score (nSPS) is 27.9. The lowest BCUT2D eigenvalue weighted by atomic mass is 9.85. The van der Waals surface area contributed by atoms with Gasteiger partial charge in [0.15, 0.2) is 6.61 Å². The van der Waals surface area contributed by atoms with Crippen LogP contribution in [0.4, 0.5) is 5.69 Å². The highest BCUT2D eigenvalue weighted by Gasteiger charge is 2.60. The van der Waals surface area contributed by atoms with Crippen molar-refractivity contribution >= 4 is 52.6 Å². The average Bonchev–Trinajstić information content (AvgIpc) is 3.36. The van der Waals surface area contributed by atoms with E-state index in [-0.39, 0.29) is 40.5 Å². The van der Waals surface area contributed by atoms with Crippen LogP contribution in [0, 0.1) is 23.7 Å². The first-order valence-electron chi connectivity index (χ1n) is 9.24. The predicted molar refractivity (Wildman–Crippen MR) is 105 cm³/mol. The lowest BCUT2D eigenvalue weighted by molar-refractivity contribution is -0.159. The van der Waals surface area contributed by atoms with Crippen molar-refractivity contribution in [2.45, 2.75) is 19.4 Å². The summed E-state index contributed by atoms with van der Waals surface area (Å²) in [6.45, 7) is 0.880. The fourth-order valence-electron chi connectivity index (χ4n) is 4.44. The molecule has 9 heteroatoms. The number of imide groups is 1. The average molecular weight is 437 g/mol. The molecular formula is C20H18Cl2N2O5. The van der Waals surface area contributed by atoms with Crippen LogP contribution in [0.25, 0.3) is 0 Å². The number of fused-ring (bicyclic) bond motifs is 5. The van der Waals surface area contributed by atoms with Gasteiger partial charge in [-0.25, -0.2) is 4.79 Å². The standard InChI is InChI=1S/C20H18Cl2N2O5/c1-9(24-18(26)16-10-2-3-11(6-10)17(16)19(24)27)20(28)29-8-15(25)23-12-4-5-13(21)14(22)7-12/h2-5,7,9-11,16-17H,6,8H2,1H3,(H,23,25)/t9-,10+,11+,16+,17+/m1/s1. The minimum Gasteiger partial charge on any atom is -0.454 e. The van der Waals surface area contributed by atoms with E-state index in [1.165, 1.54) is 19.1 Å². The fourth-order valence-corrected chi connectivity index (χ4v) is 4.74. The van der Waals surface area contributed by atoms with Gasteiger partial charge in [-0.1, -0.05) is 35.4 Å². The van der Waals surface area contributed by atoms with Gasteiger partial charge in [-0.05, 0) is 43.4 Å². The van der Waals surface area contributed by atoms with Crippen molar-refractivity contribution in [3.8, 4) is 0 Å². The Hall–Kier alpha value is -2.38. The molecule has 1 saturated heterocycles. The summed E-state index contributed by atoms with van der Waals surface area (Å²) in [7, 11) is 0. The molecule has 1 aromatic carbocycles. The van der Waals surface area contributed by atoms with Crippen LogP contribution in [0.5, 0.6) is 0 Å². The van der Waals surface area contributed by atoms with Gasteiger partial charge in [0.05, 0.1) is 21.9 Å². The minimum absolute atomic E-state index is 0.0617. The smallest absolute Gasteiger partial charge is 0.329 e. The Morgan fingerprint density at radius 2 is 1.76 bits per heavy atom. The molecule has 1 aromatic rings. The van der Waals surface area contributed by atoms with E-state index in [2.05, 4.69) is 5.32 Å². The number of carbonyl (C=O) groups is 4. The van der Waals surface area contributed by atoms with Crippen LogP contribution >= 0.6 is 23.2 Å². The van der Waals surface area contributed by atoms with Gasteiger partial charge in [0.2, 0.25) is 11.8 Å². The summed E-state index contributed by atoms with van der Waals surface area (Å²) in [4.78, 5) is 50.9. The number of nitrogens with zero attached hydrogens (tertiary/aromatic N) is 1. The fraction of sp³-hybridized carbons (Fsp3) is 0.400. The zero-order valence-electron chi connectivity index (χ0n) is 15.4. The molecule has 2 fully saturated rings. The number of hydrogen-bond donors (Lipinski definition) is 1. The molecule has 29 heavy (non-hydrogen) atoms. The summed E-state index contributed by atoms with van der Waals surface area (Å²) in [6, 6.07) is 3.46. The summed E-state index contributed by atoms with van der Waals surface area (Å²) in [5, 5.41) is 3.15. The molecule has 1 saturated carbocycles. The number of allylic oxidation sites excluding steroid dienone is 2. The quantitative estimate of drug-likeness (QED) is 0.435. The Bertz CT molecular complexity index is 917. The van der Waals surface area contributed by atoms with Crippen LogP contribution in [0.3, 0.4) is 0 Å². The van der Waals surface area contributed by atoms with E-state index in [4.69, 9.17) is 27.9 Å². The highest BCUT2D eigenvalue weighted by Crippen LogP contribution is 2.52. The number of hydrogen-bond acceptors (Lipinski definition) is 5. The number of benzene rings is 1. The minimum atomic E-state index is -1.09. The monoisotopic (exact) mass is 436 g/mol. The highest BCUT2D eigenvalue weighted by molar-refractivity contribution is 6.42. The number of anilines is 1. The van der Waals surface area contributed by atoms with E-state index in [9.17, 15) is 19.2 Å². The van der Waals surface area contributed by atoms with E-state index in [0.29, 0.717) is 10.7 Å². The molecule has 1 aliphatic heterocycles. The highest BCUT2D eigenvalue weighted by atomic mass is 35.5. The van der Waals surface area contributed by atoms with Gasteiger partial charge in [0.25, 0.3) is 5.91 Å². The van der Waals surface area contributed by atoms with E-state index in [1.54, 1.807) is 6.07 Å². The number of halogens is 2. The largest absolute Gasteiger partial charge is 0.454 e. The van der Waals surface area contributed by atoms with E-state index < -0.39 is 24.5 Å². The Morgan fingerprint density at radius 1 is 1.14 bits per heavy atom. The number of carbonyl (C=O) groups excluding carboxylic acids is 4. The molecule has 3 amide bonds. The molecule has 0 aromatic heterocycles. The second-order valence-electron chi connectivity index (χ2n) is 7.51. The molecule has 3 aliphatic rings. The zero-order chi connectivity index (χ0) is 20.9. The third-order valence-corrected chi connectivity index (χ3v) is 6.52. The molecule has 152 valence electrons. The maximum Gasteiger partial charge on any atom is 0.329 e. The first kappa shape index (κ1) is 19.9. The number of likely N-dealkylation sites (tertiary alicyclic amines) is 1. The van der Waals surface area contributed by atoms with Crippen molar-refractivity contribution in [3.63, 3.8) is 0 Å². The number of ether oxygens (including phenoxy) is 1. The van der Waals surface area contributed by atoms with Crippen molar-refractivity contribution in [3.05, 3.63) is 40.4 Å². The lowest BCUT2D eigenvalue weighted by Crippen LogP contribution is -2.45. The molecule has 1 heterocycles. The maximum absolute atomic E-state index is 12.7. The van der Waals surface area contributed by atoms with Crippen LogP contribution in [-0.2, 0) is 23.9 Å². The topological polar surface area (TPSA) is 92.8 Å². The van der Waals surface area contributed by atoms with E-state index in [0.717, 1.165) is 11.3 Å². The molecule has 7 nitrogen and oxygen atoms in total. The summed E-state index contributed by atoms with van der Waals surface area (Å²) in [5.41, 5.74) is 0.397. The van der Waals surface area contributed by atoms with Crippen LogP contribution in [-0.4, -0.2) is 41.2 Å². The van der Waals surface area contributed by atoms with E-state index >= 15 is 0 Å². The third-order valence-electron chi connectivity index (χ3n) is 5.78.